The topological polar surface area (TPSA) is 91.5 Å². The normalized spacial score (nSPS) is 13.3. The second-order valence-electron chi connectivity index (χ2n) is 6.74. The fourth-order valence-electron chi connectivity index (χ4n) is 2.90. The highest BCUT2D eigenvalue weighted by molar-refractivity contribution is 9.10. The molecule has 0 bridgehead atoms. The standard InChI is InChI=1S/C21H20BrN5O2S/c1-14(28)12-24-30(29)17-9-5-8-16(10-17)25-20-11-19(15-6-3-2-4-7-15)26-21-18(22)13-23-27(20)21/h2-11,13-14,24-25,28H,12H2,1H3. The monoisotopic (exact) mass is 485 g/mol. The number of aliphatic hydroxyl groups is 1. The summed E-state index contributed by atoms with van der Waals surface area (Å²) in [6, 6.07) is 19.1. The zero-order valence-electron chi connectivity index (χ0n) is 16.1. The van der Waals surface area contributed by atoms with Crippen LogP contribution in [-0.4, -0.2) is 36.6 Å². The summed E-state index contributed by atoms with van der Waals surface area (Å²) < 4.78 is 17.8. The minimum atomic E-state index is -1.42. The molecule has 9 heteroatoms. The van der Waals surface area contributed by atoms with Crippen molar-refractivity contribution >= 4 is 44.1 Å². The number of anilines is 2. The third-order valence-corrected chi connectivity index (χ3v) is 6.00. The Bertz CT molecular complexity index is 1200. The fraction of sp³-hybridized carbons (Fsp3) is 0.143. The molecule has 7 nitrogen and oxygen atoms in total. The number of aromatic nitrogens is 3. The number of aliphatic hydroxyl groups excluding tert-OH is 1. The van der Waals surface area contributed by atoms with Gasteiger partial charge in [0.15, 0.2) is 5.65 Å². The molecule has 154 valence electrons. The van der Waals surface area contributed by atoms with E-state index in [-0.39, 0.29) is 6.54 Å². The van der Waals surface area contributed by atoms with Crippen molar-refractivity contribution in [2.24, 2.45) is 0 Å². The molecule has 0 aliphatic rings. The maximum Gasteiger partial charge on any atom is 0.172 e. The summed E-state index contributed by atoms with van der Waals surface area (Å²) in [6.07, 6.45) is 1.13. The van der Waals surface area contributed by atoms with Crippen molar-refractivity contribution in [1.29, 1.82) is 0 Å². The first-order chi connectivity index (χ1) is 14.5. The number of nitrogens with zero attached hydrogens (tertiary/aromatic N) is 3. The van der Waals surface area contributed by atoms with E-state index < -0.39 is 17.1 Å². The molecule has 0 saturated heterocycles. The number of rotatable bonds is 7. The Hall–Kier alpha value is -2.59. The van der Waals surface area contributed by atoms with Crippen LogP contribution in [0.15, 0.2) is 76.2 Å². The molecular weight excluding hydrogens is 466 g/mol. The number of halogens is 1. The van der Waals surface area contributed by atoms with E-state index in [9.17, 15) is 9.32 Å². The molecule has 4 aromatic rings. The van der Waals surface area contributed by atoms with Gasteiger partial charge in [-0.15, -0.1) is 0 Å². The molecule has 2 unspecified atom stereocenters. The predicted octanol–water partition coefficient (Wildman–Crippen LogP) is 3.90. The average Bonchev–Trinajstić information content (AvgIpc) is 3.14. The largest absolute Gasteiger partial charge is 0.392 e. The van der Waals surface area contributed by atoms with Gasteiger partial charge in [-0.05, 0) is 41.1 Å². The van der Waals surface area contributed by atoms with Crippen LogP contribution in [0.5, 0.6) is 0 Å². The van der Waals surface area contributed by atoms with Crippen LogP contribution in [-0.2, 0) is 11.0 Å². The third kappa shape index (κ3) is 4.59. The van der Waals surface area contributed by atoms with Gasteiger partial charge >= 0.3 is 0 Å². The Balaban J connectivity index is 1.69. The maximum atomic E-state index is 12.4. The molecular formula is C21H20BrN5O2S. The second kappa shape index (κ2) is 9.05. The SMILES string of the molecule is CC(O)CNS(=O)c1cccc(Nc2cc(-c3ccccc3)nc3c(Br)cnn23)c1. The molecule has 0 amide bonds. The number of benzene rings is 2. The van der Waals surface area contributed by atoms with E-state index in [2.05, 4.69) is 31.1 Å². The highest BCUT2D eigenvalue weighted by Crippen LogP contribution is 2.28. The van der Waals surface area contributed by atoms with Crippen molar-refractivity contribution in [3.63, 3.8) is 0 Å². The van der Waals surface area contributed by atoms with E-state index in [4.69, 9.17) is 4.98 Å². The Morgan fingerprint density at radius 1 is 1.17 bits per heavy atom. The Kier molecular flexibility index (Phi) is 6.24. The molecule has 4 rings (SSSR count). The Labute approximate surface area is 184 Å². The van der Waals surface area contributed by atoms with Crippen LogP contribution >= 0.6 is 15.9 Å². The summed E-state index contributed by atoms with van der Waals surface area (Å²) in [5.74, 6) is 0.726. The van der Waals surface area contributed by atoms with Crippen LogP contribution in [0.25, 0.3) is 16.9 Å². The zero-order valence-corrected chi connectivity index (χ0v) is 18.5. The summed E-state index contributed by atoms with van der Waals surface area (Å²) in [5.41, 5.74) is 3.26. The molecule has 2 atom stereocenters. The lowest BCUT2D eigenvalue weighted by Crippen LogP contribution is -2.26. The quantitative estimate of drug-likeness (QED) is 0.369. The van der Waals surface area contributed by atoms with Gasteiger partial charge in [0.1, 0.15) is 16.8 Å². The third-order valence-electron chi connectivity index (χ3n) is 4.33. The van der Waals surface area contributed by atoms with Crippen LogP contribution < -0.4 is 10.0 Å². The van der Waals surface area contributed by atoms with Gasteiger partial charge in [0.05, 0.1) is 27.4 Å². The highest BCUT2D eigenvalue weighted by Gasteiger charge is 2.13. The number of nitrogens with one attached hydrogen (secondary N) is 2. The average molecular weight is 486 g/mol. The van der Waals surface area contributed by atoms with Gasteiger partial charge < -0.3 is 10.4 Å². The fourth-order valence-corrected chi connectivity index (χ4v) is 4.24. The molecule has 0 saturated carbocycles. The lowest BCUT2D eigenvalue weighted by Gasteiger charge is -2.12. The molecule has 0 radical (unpaired) electrons. The van der Waals surface area contributed by atoms with E-state index in [1.807, 2.05) is 48.5 Å². The molecule has 0 fully saturated rings. The number of fused-ring (bicyclic) bond motifs is 1. The van der Waals surface area contributed by atoms with Gasteiger partial charge in [0.2, 0.25) is 0 Å². The van der Waals surface area contributed by atoms with Gasteiger partial charge in [-0.3, -0.25) is 0 Å². The van der Waals surface area contributed by atoms with E-state index in [1.54, 1.807) is 29.8 Å². The van der Waals surface area contributed by atoms with Crippen molar-refractivity contribution in [3.8, 4) is 11.3 Å². The van der Waals surface area contributed by atoms with Gasteiger partial charge in [-0.25, -0.2) is 13.9 Å². The van der Waals surface area contributed by atoms with Crippen molar-refractivity contribution in [3.05, 3.63) is 71.3 Å². The summed E-state index contributed by atoms with van der Waals surface area (Å²) in [6.45, 7) is 1.89. The lowest BCUT2D eigenvalue weighted by atomic mass is 10.1. The van der Waals surface area contributed by atoms with Crippen molar-refractivity contribution in [1.82, 2.24) is 19.3 Å². The van der Waals surface area contributed by atoms with E-state index in [0.29, 0.717) is 10.5 Å². The zero-order chi connectivity index (χ0) is 21.1. The van der Waals surface area contributed by atoms with E-state index >= 15 is 0 Å². The summed E-state index contributed by atoms with van der Waals surface area (Å²) >= 11 is 3.51. The molecule has 0 aliphatic carbocycles. The van der Waals surface area contributed by atoms with Crippen LogP contribution in [0, 0.1) is 0 Å². The van der Waals surface area contributed by atoms with Gasteiger partial charge in [-0.1, -0.05) is 36.4 Å². The molecule has 2 aromatic carbocycles. The van der Waals surface area contributed by atoms with E-state index in [0.717, 1.165) is 27.2 Å². The predicted molar refractivity (Wildman–Crippen MR) is 122 cm³/mol. The summed E-state index contributed by atoms with van der Waals surface area (Å²) in [4.78, 5) is 5.33. The first-order valence-corrected chi connectivity index (χ1v) is 11.3. The minimum Gasteiger partial charge on any atom is -0.392 e. The molecule has 3 N–H and O–H groups in total. The maximum absolute atomic E-state index is 12.4. The number of hydrogen-bond acceptors (Lipinski definition) is 5. The Morgan fingerprint density at radius 3 is 2.73 bits per heavy atom. The van der Waals surface area contributed by atoms with Crippen molar-refractivity contribution < 1.29 is 9.32 Å². The van der Waals surface area contributed by atoms with Crippen LogP contribution in [0.1, 0.15) is 6.92 Å². The van der Waals surface area contributed by atoms with Gasteiger partial charge in [-0.2, -0.15) is 9.61 Å². The number of hydrogen-bond donors (Lipinski definition) is 3. The summed E-state index contributed by atoms with van der Waals surface area (Å²) in [5, 5.41) is 17.2. The highest BCUT2D eigenvalue weighted by atomic mass is 79.9. The van der Waals surface area contributed by atoms with Crippen LogP contribution in [0.2, 0.25) is 0 Å². The minimum absolute atomic E-state index is 0.247. The van der Waals surface area contributed by atoms with Crippen molar-refractivity contribution in [2.45, 2.75) is 17.9 Å². The smallest absolute Gasteiger partial charge is 0.172 e. The molecule has 30 heavy (non-hydrogen) atoms. The first-order valence-electron chi connectivity index (χ1n) is 9.31. The Morgan fingerprint density at radius 2 is 1.97 bits per heavy atom. The summed E-state index contributed by atoms with van der Waals surface area (Å²) in [7, 11) is -1.42. The molecule has 2 heterocycles. The van der Waals surface area contributed by atoms with E-state index in [1.165, 1.54) is 0 Å². The first kappa shape index (κ1) is 20.7. The molecule has 0 aliphatic heterocycles. The lowest BCUT2D eigenvalue weighted by molar-refractivity contribution is 0.199. The van der Waals surface area contributed by atoms with Gasteiger partial charge in [0, 0.05) is 23.9 Å². The molecule has 0 spiro atoms. The second-order valence-corrected chi connectivity index (χ2v) is 8.89. The van der Waals surface area contributed by atoms with Gasteiger partial charge in [0.25, 0.3) is 0 Å². The van der Waals surface area contributed by atoms with Crippen LogP contribution in [0.3, 0.4) is 0 Å². The van der Waals surface area contributed by atoms with Crippen molar-refractivity contribution in [2.75, 3.05) is 11.9 Å². The van der Waals surface area contributed by atoms with Crippen LogP contribution in [0.4, 0.5) is 11.5 Å². The molecule has 2 aromatic heterocycles.